The lowest BCUT2D eigenvalue weighted by Gasteiger charge is -2.32. The first kappa shape index (κ1) is 21.6. The average molecular weight is 438 g/mol. The van der Waals surface area contributed by atoms with Crippen molar-refractivity contribution in [3.05, 3.63) is 59.4 Å². The quantitative estimate of drug-likeness (QED) is 0.499. The zero-order valence-corrected chi connectivity index (χ0v) is 18.6. The Morgan fingerprint density at radius 3 is 2.58 bits per heavy atom. The third-order valence-corrected chi connectivity index (χ3v) is 5.69. The Labute approximate surface area is 188 Å². The van der Waals surface area contributed by atoms with Crippen LogP contribution in [0.3, 0.4) is 0 Å². The van der Waals surface area contributed by atoms with Crippen LogP contribution in [0.25, 0.3) is 11.4 Å². The number of allylic oxidation sites excluding steroid dienone is 3. The molecule has 1 aromatic heterocycles. The molecule has 1 aliphatic heterocycles. The van der Waals surface area contributed by atoms with Gasteiger partial charge in [-0.15, -0.1) is 5.11 Å². The lowest BCUT2D eigenvalue weighted by Crippen LogP contribution is -2.45. The van der Waals surface area contributed by atoms with Crippen molar-refractivity contribution in [1.29, 1.82) is 0 Å². The van der Waals surface area contributed by atoms with Crippen molar-refractivity contribution >= 4 is 23.1 Å². The highest BCUT2D eigenvalue weighted by atomic mass is 35.5. The van der Waals surface area contributed by atoms with E-state index in [1.165, 1.54) is 0 Å². The average Bonchev–Trinajstić information content (AvgIpc) is 2.81. The van der Waals surface area contributed by atoms with E-state index >= 15 is 0 Å². The first-order valence-electron chi connectivity index (χ1n) is 10.8. The van der Waals surface area contributed by atoms with Crippen LogP contribution >= 0.6 is 11.6 Å². The number of halogens is 1. The van der Waals surface area contributed by atoms with Crippen molar-refractivity contribution in [2.24, 2.45) is 10.2 Å². The van der Waals surface area contributed by atoms with Gasteiger partial charge in [0.05, 0.1) is 5.70 Å². The van der Waals surface area contributed by atoms with E-state index < -0.39 is 0 Å². The van der Waals surface area contributed by atoms with Crippen molar-refractivity contribution in [3.63, 3.8) is 0 Å². The molecule has 0 spiro atoms. The van der Waals surface area contributed by atoms with Crippen LogP contribution in [0.4, 0.5) is 11.5 Å². The third-order valence-electron chi connectivity index (χ3n) is 5.43. The summed E-state index contributed by atoms with van der Waals surface area (Å²) >= 11 is 6.55. The van der Waals surface area contributed by atoms with Gasteiger partial charge in [0, 0.05) is 44.8 Å². The fourth-order valence-electron chi connectivity index (χ4n) is 3.54. The number of likely N-dealkylation sites (N-methyl/N-ethyl adjacent to an activating group) is 1. The summed E-state index contributed by atoms with van der Waals surface area (Å²) in [7, 11) is 2.16. The molecule has 1 aliphatic carbocycles. The molecule has 1 saturated heterocycles. The summed E-state index contributed by atoms with van der Waals surface area (Å²) in [5.74, 6) is 1.18. The summed E-state index contributed by atoms with van der Waals surface area (Å²) < 4.78 is 0. The predicted octanol–water partition coefficient (Wildman–Crippen LogP) is 4.77. The van der Waals surface area contributed by atoms with E-state index in [0.29, 0.717) is 22.5 Å². The molecule has 1 fully saturated rings. The van der Waals surface area contributed by atoms with Crippen LogP contribution in [0, 0.1) is 0 Å². The van der Waals surface area contributed by atoms with E-state index in [-0.39, 0.29) is 0 Å². The Balaban J connectivity index is 1.54. The summed E-state index contributed by atoms with van der Waals surface area (Å²) in [4.78, 5) is 14.0. The number of aromatic nitrogens is 2. The molecule has 0 atom stereocenters. The van der Waals surface area contributed by atoms with Gasteiger partial charge in [-0.1, -0.05) is 54.1 Å². The van der Waals surface area contributed by atoms with Crippen LogP contribution in [0.1, 0.15) is 12.8 Å². The molecule has 4 rings (SSSR count). The topological polar surface area (TPSA) is 69.0 Å². The fraction of sp³-hybridized carbons (Fsp3) is 0.391. The summed E-state index contributed by atoms with van der Waals surface area (Å²) in [6.07, 6.45) is 8.14. The maximum atomic E-state index is 6.55. The van der Waals surface area contributed by atoms with Gasteiger partial charge in [0.25, 0.3) is 0 Å². The van der Waals surface area contributed by atoms with Crippen LogP contribution in [0.2, 0.25) is 5.15 Å². The smallest absolute Gasteiger partial charge is 0.165 e. The van der Waals surface area contributed by atoms with Crippen molar-refractivity contribution in [1.82, 2.24) is 19.8 Å². The number of nitrogens with one attached hydrogen (secondary N) is 1. The highest BCUT2D eigenvalue weighted by Crippen LogP contribution is 2.33. The van der Waals surface area contributed by atoms with E-state index in [1.54, 1.807) is 0 Å². The second-order valence-corrected chi connectivity index (χ2v) is 8.14. The molecule has 0 amide bonds. The fourth-order valence-corrected chi connectivity index (χ4v) is 3.75. The number of nitrogens with zero attached hydrogens (tertiary/aromatic N) is 6. The van der Waals surface area contributed by atoms with Crippen LogP contribution in [-0.2, 0) is 0 Å². The highest BCUT2D eigenvalue weighted by molar-refractivity contribution is 6.32. The molecule has 2 aliphatic rings. The third kappa shape index (κ3) is 5.97. The lowest BCUT2D eigenvalue weighted by atomic mass is 10.2. The van der Waals surface area contributed by atoms with Gasteiger partial charge in [-0.25, -0.2) is 9.97 Å². The molecule has 0 radical (unpaired) electrons. The van der Waals surface area contributed by atoms with Crippen molar-refractivity contribution < 1.29 is 0 Å². The molecule has 31 heavy (non-hydrogen) atoms. The number of hydrogen-bond acceptors (Lipinski definition) is 7. The van der Waals surface area contributed by atoms with Gasteiger partial charge in [-0.05, 0) is 26.0 Å². The molecule has 0 bridgehead atoms. The Hall–Kier alpha value is -2.61. The van der Waals surface area contributed by atoms with Crippen LogP contribution in [0.15, 0.2) is 64.5 Å². The van der Waals surface area contributed by atoms with E-state index in [4.69, 9.17) is 16.6 Å². The van der Waals surface area contributed by atoms with Gasteiger partial charge in [-0.2, -0.15) is 5.11 Å². The van der Waals surface area contributed by atoms with Gasteiger partial charge in [0.2, 0.25) is 0 Å². The van der Waals surface area contributed by atoms with E-state index in [1.807, 2.05) is 36.4 Å². The number of piperazine rings is 1. The van der Waals surface area contributed by atoms with Crippen LogP contribution < -0.4 is 5.32 Å². The van der Waals surface area contributed by atoms with Gasteiger partial charge >= 0.3 is 0 Å². The Morgan fingerprint density at radius 1 is 1.03 bits per heavy atom. The zero-order chi connectivity index (χ0) is 21.5. The maximum absolute atomic E-state index is 6.55. The van der Waals surface area contributed by atoms with Crippen LogP contribution in [0.5, 0.6) is 0 Å². The molecule has 8 heteroatoms. The number of benzene rings is 1. The molecular weight excluding hydrogens is 410 g/mol. The minimum absolute atomic E-state index is 0.292. The highest BCUT2D eigenvalue weighted by Gasteiger charge is 2.16. The first-order chi connectivity index (χ1) is 15.2. The monoisotopic (exact) mass is 437 g/mol. The van der Waals surface area contributed by atoms with Crippen molar-refractivity contribution in [3.8, 4) is 11.4 Å². The SMILES string of the molecule is CN1CCN(CCNc2nc(-c3ccccc3)nc(Cl)c2N=NC2=CCCC=C2)CC1. The molecule has 1 N–H and O–H groups in total. The van der Waals surface area contributed by atoms with E-state index in [9.17, 15) is 0 Å². The summed E-state index contributed by atoms with van der Waals surface area (Å²) in [5.41, 5.74) is 2.21. The second kappa shape index (κ2) is 10.6. The van der Waals surface area contributed by atoms with E-state index in [0.717, 1.165) is 63.4 Å². The predicted molar refractivity (Wildman–Crippen MR) is 126 cm³/mol. The van der Waals surface area contributed by atoms with Crippen molar-refractivity contribution in [2.45, 2.75) is 12.8 Å². The van der Waals surface area contributed by atoms with Gasteiger partial charge in [0.1, 0.15) is 0 Å². The lowest BCUT2D eigenvalue weighted by molar-refractivity contribution is 0.158. The summed E-state index contributed by atoms with van der Waals surface area (Å²) in [5, 5.41) is 12.5. The van der Waals surface area contributed by atoms with Gasteiger partial charge < -0.3 is 10.2 Å². The minimum Gasteiger partial charge on any atom is -0.367 e. The molecule has 2 heterocycles. The molecule has 0 unspecified atom stereocenters. The first-order valence-corrected chi connectivity index (χ1v) is 11.1. The second-order valence-electron chi connectivity index (χ2n) is 7.78. The van der Waals surface area contributed by atoms with Crippen molar-refractivity contribution in [2.75, 3.05) is 51.6 Å². The molecule has 162 valence electrons. The summed E-state index contributed by atoms with van der Waals surface area (Å²) in [6, 6.07) is 9.83. The number of azo groups is 1. The summed E-state index contributed by atoms with van der Waals surface area (Å²) in [6.45, 7) is 6.02. The molecule has 7 nitrogen and oxygen atoms in total. The Kier molecular flexibility index (Phi) is 7.40. The number of hydrogen-bond donors (Lipinski definition) is 1. The standard InChI is InChI=1S/C23H28ClN7/c1-30-14-16-31(17-15-30)13-12-25-23-20(29-28-19-10-6-3-7-11-19)21(24)26-22(27-23)18-8-4-2-5-9-18/h2,4-6,8-11H,3,7,12-17H2,1H3,(H,25,26,27). The normalized spacial score (nSPS) is 17.8. The largest absolute Gasteiger partial charge is 0.367 e. The molecular formula is C23H28ClN7. The van der Waals surface area contributed by atoms with Gasteiger partial charge in [-0.3, -0.25) is 4.90 Å². The molecule has 1 aromatic carbocycles. The van der Waals surface area contributed by atoms with Crippen LogP contribution in [-0.4, -0.2) is 66.1 Å². The molecule has 0 saturated carbocycles. The van der Waals surface area contributed by atoms with E-state index in [2.05, 4.69) is 49.5 Å². The maximum Gasteiger partial charge on any atom is 0.165 e. The molecule has 2 aromatic rings. The minimum atomic E-state index is 0.292. The Bertz CT molecular complexity index is 963. The number of anilines is 1. The Morgan fingerprint density at radius 2 is 1.84 bits per heavy atom. The zero-order valence-electron chi connectivity index (χ0n) is 17.8. The number of rotatable bonds is 7. The van der Waals surface area contributed by atoms with Gasteiger partial charge in [0.15, 0.2) is 22.5 Å².